The Bertz CT molecular complexity index is 473. The van der Waals surface area contributed by atoms with Crippen molar-refractivity contribution in [3.8, 4) is 0 Å². The Kier molecular flexibility index (Phi) is 4.27. The standard InChI is InChI=1S/C13H17ClN2O3/c14-10-5-4-9(12(17)18)11(16-10)15-8-13(19)6-2-1-3-7-13/h4-5,19H,1-3,6-8H2,(H,15,16)(H,17,18). The lowest BCUT2D eigenvalue weighted by Crippen LogP contribution is -2.39. The molecule has 0 saturated heterocycles. The van der Waals surface area contributed by atoms with Crippen LogP contribution in [0.4, 0.5) is 5.82 Å². The lowest BCUT2D eigenvalue weighted by Gasteiger charge is -2.32. The van der Waals surface area contributed by atoms with Gasteiger partial charge < -0.3 is 15.5 Å². The van der Waals surface area contributed by atoms with Gasteiger partial charge in [-0.15, -0.1) is 0 Å². The van der Waals surface area contributed by atoms with E-state index >= 15 is 0 Å². The normalized spacial score (nSPS) is 18.0. The lowest BCUT2D eigenvalue weighted by molar-refractivity contribution is 0.0166. The first-order valence-corrected chi connectivity index (χ1v) is 6.74. The Balaban J connectivity index is 2.10. The third-order valence-corrected chi connectivity index (χ3v) is 3.67. The predicted molar refractivity (Wildman–Crippen MR) is 72.7 cm³/mol. The van der Waals surface area contributed by atoms with E-state index in [0.717, 1.165) is 32.1 Å². The van der Waals surface area contributed by atoms with Crippen LogP contribution in [-0.2, 0) is 0 Å². The summed E-state index contributed by atoms with van der Waals surface area (Å²) in [5.74, 6) is -0.860. The molecule has 0 radical (unpaired) electrons. The Labute approximate surface area is 116 Å². The lowest BCUT2D eigenvalue weighted by atomic mass is 9.85. The largest absolute Gasteiger partial charge is 0.478 e. The third kappa shape index (κ3) is 3.58. The molecule has 1 heterocycles. The molecule has 0 aromatic carbocycles. The van der Waals surface area contributed by atoms with Crippen LogP contribution in [0.15, 0.2) is 12.1 Å². The number of rotatable bonds is 4. The van der Waals surface area contributed by atoms with Gasteiger partial charge in [0.05, 0.1) is 5.60 Å². The van der Waals surface area contributed by atoms with Crippen molar-refractivity contribution in [1.82, 2.24) is 4.98 Å². The van der Waals surface area contributed by atoms with Crippen LogP contribution >= 0.6 is 11.6 Å². The van der Waals surface area contributed by atoms with E-state index in [2.05, 4.69) is 10.3 Å². The molecule has 3 N–H and O–H groups in total. The number of nitrogens with one attached hydrogen (secondary N) is 1. The number of anilines is 1. The molecule has 5 nitrogen and oxygen atoms in total. The molecule has 104 valence electrons. The molecule has 1 aromatic heterocycles. The number of hydrogen-bond donors (Lipinski definition) is 3. The number of aromatic carboxylic acids is 1. The zero-order chi connectivity index (χ0) is 13.9. The molecule has 0 spiro atoms. The molecule has 1 aliphatic rings. The van der Waals surface area contributed by atoms with Gasteiger partial charge in [0.1, 0.15) is 16.5 Å². The Hall–Kier alpha value is -1.33. The maximum absolute atomic E-state index is 11.1. The Morgan fingerprint density at radius 2 is 2.05 bits per heavy atom. The number of nitrogens with zero attached hydrogens (tertiary/aromatic N) is 1. The fourth-order valence-electron chi connectivity index (χ4n) is 2.38. The summed E-state index contributed by atoms with van der Waals surface area (Å²) in [4.78, 5) is 15.1. The molecule has 1 saturated carbocycles. The summed E-state index contributed by atoms with van der Waals surface area (Å²) < 4.78 is 0. The van der Waals surface area contributed by atoms with Gasteiger partial charge >= 0.3 is 5.97 Å². The van der Waals surface area contributed by atoms with Crippen molar-refractivity contribution in [2.75, 3.05) is 11.9 Å². The highest BCUT2D eigenvalue weighted by atomic mass is 35.5. The second-order valence-corrected chi connectivity index (χ2v) is 5.36. The minimum atomic E-state index is -1.07. The zero-order valence-corrected chi connectivity index (χ0v) is 11.3. The molecule has 0 bridgehead atoms. The van der Waals surface area contributed by atoms with Crippen molar-refractivity contribution >= 4 is 23.4 Å². The molecule has 1 fully saturated rings. The molecule has 1 aromatic rings. The second-order valence-electron chi connectivity index (χ2n) is 4.97. The average molecular weight is 285 g/mol. The maximum Gasteiger partial charge on any atom is 0.339 e. The van der Waals surface area contributed by atoms with E-state index in [4.69, 9.17) is 16.7 Å². The number of hydrogen-bond acceptors (Lipinski definition) is 4. The summed E-state index contributed by atoms with van der Waals surface area (Å²) in [6, 6.07) is 2.84. The van der Waals surface area contributed by atoms with Crippen LogP contribution in [0, 0.1) is 0 Å². The van der Waals surface area contributed by atoms with Crippen molar-refractivity contribution < 1.29 is 15.0 Å². The van der Waals surface area contributed by atoms with E-state index in [0.29, 0.717) is 6.54 Å². The van der Waals surface area contributed by atoms with Gasteiger partial charge in [-0.1, -0.05) is 30.9 Å². The summed E-state index contributed by atoms with van der Waals surface area (Å²) in [5, 5.41) is 22.6. The van der Waals surface area contributed by atoms with Crippen LogP contribution in [0.25, 0.3) is 0 Å². The summed E-state index contributed by atoms with van der Waals surface area (Å²) >= 11 is 5.77. The number of carboxylic acids is 1. The minimum Gasteiger partial charge on any atom is -0.478 e. The molecule has 0 unspecified atom stereocenters. The number of aliphatic hydroxyl groups is 1. The summed E-state index contributed by atoms with van der Waals surface area (Å²) in [6.07, 6.45) is 4.57. The fourth-order valence-corrected chi connectivity index (χ4v) is 2.53. The third-order valence-electron chi connectivity index (χ3n) is 3.46. The summed E-state index contributed by atoms with van der Waals surface area (Å²) in [6.45, 7) is 0.292. The quantitative estimate of drug-likeness (QED) is 0.740. The summed E-state index contributed by atoms with van der Waals surface area (Å²) in [5.41, 5.74) is -0.721. The number of aromatic nitrogens is 1. The van der Waals surface area contributed by atoms with Crippen LogP contribution < -0.4 is 5.32 Å². The highest BCUT2D eigenvalue weighted by molar-refractivity contribution is 6.29. The SMILES string of the molecule is O=C(O)c1ccc(Cl)nc1NCC1(O)CCCCC1. The van der Waals surface area contributed by atoms with Gasteiger partial charge in [0.2, 0.25) is 0 Å². The van der Waals surface area contributed by atoms with Crippen LogP contribution in [0.3, 0.4) is 0 Å². The van der Waals surface area contributed by atoms with Gasteiger partial charge in [0, 0.05) is 6.54 Å². The van der Waals surface area contributed by atoms with Crippen molar-refractivity contribution in [2.24, 2.45) is 0 Å². The van der Waals surface area contributed by atoms with Gasteiger partial charge in [0.15, 0.2) is 0 Å². The number of pyridine rings is 1. The van der Waals surface area contributed by atoms with Gasteiger partial charge in [-0.05, 0) is 25.0 Å². The van der Waals surface area contributed by atoms with Gasteiger partial charge in [-0.2, -0.15) is 0 Å². The Morgan fingerprint density at radius 1 is 1.37 bits per heavy atom. The second kappa shape index (κ2) is 5.75. The highest BCUT2D eigenvalue weighted by Gasteiger charge is 2.29. The molecule has 1 aliphatic carbocycles. The van der Waals surface area contributed by atoms with Gasteiger partial charge in [-0.25, -0.2) is 9.78 Å². The fraction of sp³-hybridized carbons (Fsp3) is 0.538. The van der Waals surface area contributed by atoms with E-state index in [-0.39, 0.29) is 16.5 Å². The van der Waals surface area contributed by atoms with Crippen molar-refractivity contribution in [3.05, 3.63) is 22.8 Å². The molecule has 2 rings (SSSR count). The summed E-state index contributed by atoms with van der Waals surface area (Å²) in [7, 11) is 0. The van der Waals surface area contributed by atoms with Crippen LogP contribution in [0.2, 0.25) is 5.15 Å². The minimum absolute atomic E-state index is 0.0591. The first-order valence-electron chi connectivity index (χ1n) is 6.36. The van der Waals surface area contributed by atoms with E-state index in [1.807, 2.05) is 0 Å². The number of carboxylic acid groups (broad SMARTS) is 1. The molecule has 19 heavy (non-hydrogen) atoms. The van der Waals surface area contributed by atoms with Gasteiger partial charge in [0.25, 0.3) is 0 Å². The van der Waals surface area contributed by atoms with Crippen LogP contribution in [0.5, 0.6) is 0 Å². The first-order chi connectivity index (χ1) is 9.00. The molecule has 0 aliphatic heterocycles. The van der Waals surface area contributed by atoms with Gasteiger partial charge in [-0.3, -0.25) is 0 Å². The molecule has 0 amide bonds. The number of carbonyl (C=O) groups is 1. The van der Waals surface area contributed by atoms with Crippen molar-refractivity contribution in [1.29, 1.82) is 0 Å². The van der Waals surface area contributed by atoms with Crippen molar-refractivity contribution in [2.45, 2.75) is 37.7 Å². The maximum atomic E-state index is 11.1. The smallest absolute Gasteiger partial charge is 0.339 e. The van der Waals surface area contributed by atoms with E-state index in [9.17, 15) is 9.90 Å². The molecule has 0 atom stereocenters. The van der Waals surface area contributed by atoms with E-state index in [1.165, 1.54) is 12.1 Å². The first kappa shape index (κ1) is 14.1. The molecular weight excluding hydrogens is 268 g/mol. The zero-order valence-electron chi connectivity index (χ0n) is 10.5. The topological polar surface area (TPSA) is 82.5 Å². The predicted octanol–water partition coefficient (Wildman–Crippen LogP) is 2.54. The highest BCUT2D eigenvalue weighted by Crippen LogP contribution is 2.28. The number of halogens is 1. The molecular formula is C13H17ClN2O3. The van der Waals surface area contributed by atoms with E-state index in [1.54, 1.807) is 0 Å². The van der Waals surface area contributed by atoms with Crippen LogP contribution in [-0.4, -0.2) is 33.3 Å². The van der Waals surface area contributed by atoms with E-state index < -0.39 is 11.6 Å². The monoisotopic (exact) mass is 284 g/mol. The van der Waals surface area contributed by atoms with Crippen LogP contribution in [0.1, 0.15) is 42.5 Å². The average Bonchev–Trinajstić information content (AvgIpc) is 2.37. The van der Waals surface area contributed by atoms with Crippen molar-refractivity contribution in [3.63, 3.8) is 0 Å². The Morgan fingerprint density at radius 3 is 2.68 bits per heavy atom. The molecule has 6 heteroatoms.